The fourth-order valence-electron chi connectivity index (χ4n) is 4.55. The molecule has 0 heterocycles. The molecule has 0 unspecified atom stereocenters. The molecule has 0 N–H and O–H groups in total. The van der Waals surface area contributed by atoms with Crippen LogP contribution in [0.3, 0.4) is 0 Å². The Morgan fingerprint density at radius 3 is 0.724 bits per heavy atom. The summed E-state index contributed by atoms with van der Waals surface area (Å²) in [7, 11) is -0.0368. The van der Waals surface area contributed by atoms with Gasteiger partial charge in [-0.1, -0.05) is 180 Å². The van der Waals surface area contributed by atoms with E-state index in [1.54, 1.807) is 37.4 Å². The number of rotatable bonds is 25. The molecule has 0 amide bonds. The molecule has 1 heteroatoms. The molecule has 0 saturated heterocycles. The smallest absolute Gasteiger partial charge is 0.0479 e. The Morgan fingerprint density at radius 2 is 0.483 bits per heavy atom. The molecule has 0 fully saturated rings. The van der Waals surface area contributed by atoms with Gasteiger partial charge < -0.3 is 0 Å². The second-order valence-electron chi connectivity index (χ2n) is 9.72. The first-order valence-electron chi connectivity index (χ1n) is 14.2. The van der Waals surface area contributed by atoms with Crippen molar-refractivity contribution in [3.8, 4) is 0 Å². The normalized spacial score (nSPS) is 11.6. The highest BCUT2D eigenvalue weighted by Gasteiger charge is 2.10. The third-order valence-corrected chi connectivity index (χ3v) is 9.83. The number of unbranched alkanes of at least 4 members (excludes halogenated alkanes) is 19. The third kappa shape index (κ3) is 24.4. The van der Waals surface area contributed by atoms with E-state index in [4.69, 9.17) is 0 Å². The van der Waals surface area contributed by atoms with Gasteiger partial charge in [-0.15, -0.1) is 0 Å². The summed E-state index contributed by atoms with van der Waals surface area (Å²) in [6.45, 7) is 6.97. The molecule has 0 aromatic carbocycles. The highest BCUT2D eigenvalue weighted by Crippen LogP contribution is 2.20. The zero-order valence-corrected chi connectivity index (χ0v) is 22.2. The third-order valence-electron chi connectivity index (χ3n) is 6.65. The zero-order valence-electron chi connectivity index (χ0n) is 21.2. The molecule has 0 bridgehead atoms. The molecule has 0 aromatic heterocycles. The first-order chi connectivity index (χ1) is 14.3. The second-order valence-corrected chi connectivity index (χ2v) is 12.7. The summed E-state index contributed by atoms with van der Waals surface area (Å²) in [6, 6.07) is 4.89. The molecule has 0 saturated carbocycles. The monoisotopic (exact) mass is 423 g/mol. The number of hydrogen-bond acceptors (Lipinski definition) is 0. The van der Waals surface area contributed by atoms with Crippen LogP contribution in [0, 0.1) is 0 Å². The van der Waals surface area contributed by atoms with Crippen LogP contribution in [0.15, 0.2) is 0 Å². The van der Waals surface area contributed by atoms with Gasteiger partial charge in [0.05, 0.1) is 0 Å². The Balaban J connectivity index is 3.74. The van der Waals surface area contributed by atoms with Crippen molar-refractivity contribution in [2.45, 2.75) is 180 Å². The van der Waals surface area contributed by atoms with Gasteiger partial charge in [0, 0.05) is 8.80 Å². The first-order valence-corrected chi connectivity index (χ1v) is 16.3. The molecular weight excluding hydrogens is 364 g/mol. The van der Waals surface area contributed by atoms with E-state index in [2.05, 4.69) is 20.8 Å². The van der Waals surface area contributed by atoms with Crippen LogP contribution in [0.1, 0.15) is 162 Å². The fourth-order valence-corrected chi connectivity index (χ4v) is 7.55. The van der Waals surface area contributed by atoms with Crippen LogP contribution in [0.5, 0.6) is 0 Å². The average molecular weight is 424 g/mol. The van der Waals surface area contributed by atoms with Gasteiger partial charge in [0.1, 0.15) is 0 Å². The molecule has 0 spiro atoms. The van der Waals surface area contributed by atoms with Gasteiger partial charge in [-0.3, -0.25) is 0 Å². The summed E-state index contributed by atoms with van der Waals surface area (Å²) in [4.78, 5) is 0. The summed E-state index contributed by atoms with van der Waals surface area (Å²) < 4.78 is 0. The van der Waals surface area contributed by atoms with Gasteiger partial charge >= 0.3 is 0 Å². The van der Waals surface area contributed by atoms with Crippen LogP contribution >= 0.6 is 0 Å². The predicted octanol–water partition coefficient (Wildman–Crippen LogP) is 11.1. The lowest BCUT2D eigenvalue weighted by molar-refractivity contribution is 0.561. The Kier molecular flexibility index (Phi) is 26.4. The minimum atomic E-state index is -0.0368. The maximum absolute atomic E-state index is 2.33. The van der Waals surface area contributed by atoms with E-state index in [1.165, 1.54) is 122 Å². The molecule has 0 nitrogen and oxygen atoms in total. The molecule has 0 atom stereocenters. The predicted molar refractivity (Wildman–Crippen MR) is 139 cm³/mol. The quantitative estimate of drug-likeness (QED) is 0.101. The van der Waals surface area contributed by atoms with Crippen molar-refractivity contribution < 1.29 is 0 Å². The van der Waals surface area contributed by atoms with Crippen LogP contribution in [-0.4, -0.2) is 8.80 Å². The first kappa shape index (κ1) is 29.2. The highest BCUT2D eigenvalue weighted by molar-refractivity contribution is 6.58. The molecule has 0 aromatic rings. The van der Waals surface area contributed by atoms with E-state index in [0.29, 0.717) is 0 Å². The Labute approximate surface area is 189 Å². The van der Waals surface area contributed by atoms with Crippen molar-refractivity contribution in [3.05, 3.63) is 0 Å². The Bertz CT molecular complexity index is 259. The van der Waals surface area contributed by atoms with Crippen LogP contribution in [0.25, 0.3) is 0 Å². The standard InChI is InChI=1S/C28H59Si/c1-4-7-10-13-16-17-18-19-22-25-28-29(26-23-20-14-11-8-5-2)27-24-21-15-12-9-6-3/h4-28H2,1-3H3. The minimum absolute atomic E-state index is 0.0368. The van der Waals surface area contributed by atoms with E-state index in [1.807, 2.05) is 0 Å². The lowest BCUT2D eigenvalue weighted by atomic mass is 10.1. The molecular formula is C28H59Si. The number of hydrogen-bond donors (Lipinski definition) is 0. The molecule has 175 valence electrons. The van der Waals surface area contributed by atoms with E-state index < -0.39 is 0 Å². The van der Waals surface area contributed by atoms with Crippen molar-refractivity contribution in [2.75, 3.05) is 0 Å². The van der Waals surface area contributed by atoms with E-state index >= 15 is 0 Å². The molecule has 0 rings (SSSR count). The lowest BCUT2D eigenvalue weighted by Crippen LogP contribution is -2.12. The van der Waals surface area contributed by atoms with Gasteiger partial charge in [0.15, 0.2) is 0 Å². The fraction of sp³-hybridized carbons (Fsp3) is 1.00. The average Bonchev–Trinajstić information content (AvgIpc) is 2.73. The van der Waals surface area contributed by atoms with E-state index in [-0.39, 0.29) is 8.80 Å². The Morgan fingerprint density at radius 1 is 0.276 bits per heavy atom. The topological polar surface area (TPSA) is 0 Å². The van der Waals surface area contributed by atoms with Crippen LogP contribution in [0.4, 0.5) is 0 Å². The lowest BCUT2D eigenvalue weighted by Gasteiger charge is -2.15. The Hall–Kier alpha value is 0.217. The largest absolute Gasteiger partial charge is 0.0654 e. The molecule has 0 aliphatic heterocycles. The SMILES string of the molecule is CCCCCCCCCCCC[Si](CCCCCCCC)CCCCCCCC. The summed E-state index contributed by atoms with van der Waals surface area (Å²) >= 11 is 0. The van der Waals surface area contributed by atoms with Crippen LogP contribution in [-0.2, 0) is 0 Å². The zero-order chi connectivity index (χ0) is 21.3. The van der Waals surface area contributed by atoms with Crippen molar-refractivity contribution in [3.63, 3.8) is 0 Å². The maximum atomic E-state index is 2.33. The molecule has 29 heavy (non-hydrogen) atoms. The van der Waals surface area contributed by atoms with Crippen molar-refractivity contribution >= 4 is 8.80 Å². The maximum Gasteiger partial charge on any atom is 0.0479 e. The molecule has 0 aliphatic rings. The summed E-state index contributed by atoms with van der Waals surface area (Å²) in [5.41, 5.74) is 0. The van der Waals surface area contributed by atoms with Gasteiger partial charge in [-0.2, -0.15) is 0 Å². The van der Waals surface area contributed by atoms with Crippen LogP contribution in [0.2, 0.25) is 18.1 Å². The van der Waals surface area contributed by atoms with Gasteiger partial charge in [-0.05, 0) is 0 Å². The molecule has 1 radical (unpaired) electrons. The van der Waals surface area contributed by atoms with Gasteiger partial charge in [0.25, 0.3) is 0 Å². The summed E-state index contributed by atoms with van der Waals surface area (Å²) in [6.07, 6.45) is 32.6. The second kappa shape index (κ2) is 26.3. The highest BCUT2D eigenvalue weighted by atomic mass is 28.3. The summed E-state index contributed by atoms with van der Waals surface area (Å²) in [5.74, 6) is 0. The molecule has 0 aliphatic carbocycles. The van der Waals surface area contributed by atoms with Gasteiger partial charge in [-0.25, -0.2) is 0 Å². The summed E-state index contributed by atoms with van der Waals surface area (Å²) in [5, 5.41) is 0. The van der Waals surface area contributed by atoms with E-state index in [0.717, 1.165) is 0 Å². The van der Waals surface area contributed by atoms with E-state index in [9.17, 15) is 0 Å². The van der Waals surface area contributed by atoms with Gasteiger partial charge in [0.2, 0.25) is 0 Å². The van der Waals surface area contributed by atoms with Crippen LogP contribution < -0.4 is 0 Å². The van der Waals surface area contributed by atoms with Crippen molar-refractivity contribution in [1.82, 2.24) is 0 Å². The minimum Gasteiger partial charge on any atom is -0.0654 e. The van der Waals surface area contributed by atoms with Crippen molar-refractivity contribution in [2.24, 2.45) is 0 Å². The van der Waals surface area contributed by atoms with Crippen molar-refractivity contribution in [1.29, 1.82) is 0 Å².